The lowest BCUT2D eigenvalue weighted by molar-refractivity contribution is 0.00322. The van der Waals surface area contributed by atoms with Crippen LogP contribution in [0.15, 0.2) is 52.3 Å². The molecule has 0 amide bonds. The van der Waals surface area contributed by atoms with Gasteiger partial charge in [-0.2, -0.15) is 0 Å². The predicted octanol–water partition coefficient (Wildman–Crippen LogP) is 3.56. The number of nitrogens with one attached hydrogen (secondary N) is 1. The Kier molecular flexibility index (Phi) is 4.90. The third-order valence-electron chi connectivity index (χ3n) is 4.16. The summed E-state index contributed by atoms with van der Waals surface area (Å²) in [6, 6.07) is 12.4. The summed E-state index contributed by atoms with van der Waals surface area (Å²) in [5.41, 5.74) is -0.290. The molecular weight excluding hydrogens is 313 g/mol. The normalized spacial score (nSPS) is 17.0. The molecule has 0 unspecified atom stereocenters. The quantitative estimate of drug-likeness (QED) is 0.898. The minimum absolute atomic E-state index is 0.314. The van der Waals surface area contributed by atoms with Crippen LogP contribution in [-0.4, -0.2) is 25.3 Å². The predicted molar refractivity (Wildman–Crippen MR) is 89.5 cm³/mol. The Hall–Kier alpha value is -1.56. The third-order valence-corrected chi connectivity index (χ3v) is 5.24. The largest absolute Gasteiger partial charge is 0.497 e. The van der Waals surface area contributed by atoms with Crippen molar-refractivity contribution in [2.24, 2.45) is 0 Å². The minimum Gasteiger partial charge on any atom is -0.497 e. The van der Waals surface area contributed by atoms with Crippen LogP contribution < -0.4 is 10.1 Å². The highest BCUT2D eigenvalue weighted by Gasteiger charge is 2.33. The van der Waals surface area contributed by atoms with Crippen molar-refractivity contribution in [3.63, 3.8) is 0 Å². The first kappa shape index (κ1) is 16.3. The number of benzene rings is 2. The summed E-state index contributed by atoms with van der Waals surface area (Å²) in [5, 5.41) is 14.2. The van der Waals surface area contributed by atoms with Crippen LogP contribution in [0.2, 0.25) is 0 Å². The molecule has 2 aromatic carbocycles. The van der Waals surface area contributed by atoms with E-state index in [-0.39, 0.29) is 5.82 Å². The summed E-state index contributed by atoms with van der Waals surface area (Å²) >= 11 is 1.53. The minimum atomic E-state index is -0.970. The number of hydrogen-bond donors (Lipinski definition) is 2. The Morgan fingerprint density at radius 1 is 1.13 bits per heavy atom. The Balaban J connectivity index is 1.92. The van der Waals surface area contributed by atoms with E-state index in [0.717, 1.165) is 28.6 Å². The molecule has 1 aliphatic heterocycles. The zero-order chi connectivity index (χ0) is 16.3. The topological polar surface area (TPSA) is 41.5 Å². The SMILES string of the molecule is COc1ccc(Sc2ccc(F)cc2C2(O)CCNCC2)cc1. The molecule has 0 radical (unpaired) electrons. The molecule has 122 valence electrons. The van der Waals surface area contributed by atoms with E-state index in [1.165, 1.54) is 23.9 Å². The zero-order valence-electron chi connectivity index (χ0n) is 13.0. The van der Waals surface area contributed by atoms with Crippen molar-refractivity contribution >= 4 is 11.8 Å². The standard InChI is InChI=1S/C18H20FNO2S/c1-22-14-3-5-15(6-4-14)23-17-7-2-13(19)12-16(17)18(21)8-10-20-11-9-18/h2-7,12,20-21H,8-11H2,1H3. The van der Waals surface area contributed by atoms with E-state index in [1.54, 1.807) is 13.2 Å². The number of methoxy groups -OCH3 is 1. The van der Waals surface area contributed by atoms with Gasteiger partial charge in [-0.05, 0) is 68.4 Å². The molecule has 0 bridgehead atoms. The molecule has 0 saturated carbocycles. The first-order chi connectivity index (χ1) is 11.1. The Morgan fingerprint density at radius 2 is 1.83 bits per heavy atom. The van der Waals surface area contributed by atoms with Crippen LogP contribution in [0.1, 0.15) is 18.4 Å². The van der Waals surface area contributed by atoms with E-state index >= 15 is 0 Å². The molecule has 0 atom stereocenters. The first-order valence-electron chi connectivity index (χ1n) is 7.66. The monoisotopic (exact) mass is 333 g/mol. The molecule has 5 heteroatoms. The van der Waals surface area contributed by atoms with Crippen LogP contribution in [0.4, 0.5) is 4.39 Å². The first-order valence-corrected chi connectivity index (χ1v) is 8.47. The summed E-state index contributed by atoms with van der Waals surface area (Å²) in [5.74, 6) is 0.483. The van der Waals surface area contributed by atoms with Crippen LogP contribution in [0.3, 0.4) is 0 Å². The molecule has 0 spiro atoms. The highest BCUT2D eigenvalue weighted by molar-refractivity contribution is 7.99. The maximum absolute atomic E-state index is 13.8. The summed E-state index contributed by atoms with van der Waals surface area (Å²) < 4.78 is 18.9. The van der Waals surface area contributed by atoms with Gasteiger partial charge in [0.05, 0.1) is 12.7 Å². The van der Waals surface area contributed by atoms with Crippen molar-refractivity contribution in [2.45, 2.75) is 28.2 Å². The molecule has 3 nitrogen and oxygen atoms in total. The molecule has 1 heterocycles. The lowest BCUT2D eigenvalue weighted by Gasteiger charge is -2.34. The summed E-state index contributed by atoms with van der Waals surface area (Å²) in [4.78, 5) is 1.91. The van der Waals surface area contributed by atoms with E-state index < -0.39 is 5.60 Å². The smallest absolute Gasteiger partial charge is 0.123 e. The lowest BCUT2D eigenvalue weighted by atomic mass is 9.85. The van der Waals surface area contributed by atoms with Crippen LogP contribution in [-0.2, 0) is 5.60 Å². The average Bonchev–Trinajstić information content (AvgIpc) is 2.58. The van der Waals surface area contributed by atoms with Gasteiger partial charge in [-0.3, -0.25) is 0 Å². The molecule has 0 aliphatic carbocycles. The van der Waals surface area contributed by atoms with Crippen LogP contribution in [0, 0.1) is 5.82 Å². The van der Waals surface area contributed by atoms with Gasteiger partial charge in [0.1, 0.15) is 11.6 Å². The van der Waals surface area contributed by atoms with Gasteiger partial charge in [-0.25, -0.2) is 4.39 Å². The molecule has 2 N–H and O–H groups in total. The van der Waals surface area contributed by atoms with Crippen molar-refractivity contribution in [3.8, 4) is 5.75 Å². The molecule has 2 aromatic rings. The highest BCUT2D eigenvalue weighted by Crippen LogP contribution is 2.40. The number of rotatable bonds is 4. The fourth-order valence-electron chi connectivity index (χ4n) is 2.84. The zero-order valence-corrected chi connectivity index (χ0v) is 13.8. The van der Waals surface area contributed by atoms with Gasteiger partial charge in [0.15, 0.2) is 0 Å². The van der Waals surface area contributed by atoms with Gasteiger partial charge in [0.25, 0.3) is 0 Å². The van der Waals surface area contributed by atoms with E-state index in [0.29, 0.717) is 18.4 Å². The molecular formula is C18H20FNO2S. The molecule has 0 aromatic heterocycles. The number of halogens is 1. The number of aliphatic hydroxyl groups is 1. The Labute approximate surface area is 139 Å². The average molecular weight is 333 g/mol. The number of hydrogen-bond acceptors (Lipinski definition) is 4. The second kappa shape index (κ2) is 6.91. The third kappa shape index (κ3) is 3.68. The maximum Gasteiger partial charge on any atom is 0.123 e. The van der Waals surface area contributed by atoms with Crippen LogP contribution in [0.25, 0.3) is 0 Å². The highest BCUT2D eigenvalue weighted by atomic mass is 32.2. The van der Waals surface area contributed by atoms with Crippen LogP contribution in [0.5, 0.6) is 5.75 Å². The van der Waals surface area contributed by atoms with Crippen LogP contribution >= 0.6 is 11.8 Å². The van der Waals surface area contributed by atoms with E-state index in [2.05, 4.69) is 5.32 Å². The van der Waals surface area contributed by atoms with Crippen molar-refractivity contribution in [3.05, 3.63) is 53.8 Å². The fourth-order valence-corrected chi connectivity index (χ4v) is 3.86. The van der Waals surface area contributed by atoms with Gasteiger partial charge in [0, 0.05) is 15.4 Å². The van der Waals surface area contributed by atoms with Gasteiger partial charge < -0.3 is 15.2 Å². The van der Waals surface area contributed by atoms with E-state index in [9.17, 15) is 9.50 Å². The van der Waals surface area contributed by atoms with E-state index in [1.807, 2.05) is 24.3 Å². The second-order valence-corrected chi connectivity index (χ2v) is 6.82. The number of ether oxygens (including phenoxy) is 1. The van der Waals surface area contributed by atoms with Gasteiger partial charge in [-0.1, -0.05) is 11.8 Å². The van der Waals surface area contributed by atoms with Crippen molar-refractivity contribution in [2.75, 3.05) is 20.2 Å². The summed E-state index contributed by atoms with van der Waals surface area (Å²) in [6.45, 7) is 1.47. The Morgan fingerprint density at radius 3 is 2.48 bits per heavy atom. The molecule has 1 fully saturated rings. The molecule has 23 heavy (non-hydrogen) atoms. The van der Waals surface area contributed by atoms with E-state index in [4.69, 9.17) is 4.74 Å². The van der Waals surface area contributed by atoms with Crippen molar-refractivity contribution in [1.29, 1.82) is 0 Å². The fraction of sp³-hybridized carbons (Fsp3) is 0.333. The lowest BCUT2D eigenvalue weighted by Crippen LogP contribution is -2.40. The number of piperidine rings is 1. The van der Waals surface area contributed by atoms with Gasteiger partial charge in [0.2, 0.25) is 0 Å². The summed E-state index contributed by atoms with van der Waals surface area (Å²) in [7, 11) is 1.63. The van der Waals surface area contributed by atoms with Crippen molar-refractivity contribution in [1.82, 2.24) is 5.32 Å². The Bertz CT molecular complexity index is 669. The molecule has 1 saturated heterocycles. The van der Waals surface area contributed by atoms with Gasteiger partial charge >= 0.3 is 0 Å². The van der Waals surface area contributed by atoms with Crippen molar-refractivity contribution < 1.29 is 14.2 Å². The molecule has 1 aliphatic rings. The van der Waals surface area contributed by atoms with Gasteiger partial charge in [-0.15, -0.1) is 0 Å². The molecule has 3 rings (SSSR count). The second-order valence-electron chi connectivity index (χ2n) is 5.70. The maximum atomic E-state index is 13.8. The summed E-state index contributed by atoms with van der Waals surface area (Å²) in [6.07, 6.45) is 1.18.